The Morgan fingerprint density at radius 1 is 1.56 bits per heavy atom. The van der Waals surface area contributed by atoms with E-state index in [2.05, 4.69) is 27.0 Å². The Bertz CT molecular complexity index is 438. The third-order valence-electron chi connectivity index (χ3n) is 1.90. The van der Waals surface area contributed by atoms with Crippen LogP contribution < -0.4 is 10.4 Å². The Hall–Kier alpha value is -2.13. The zero-order valence-corrected chi connectivity index (χ0v) is 10.2. The van der Waals surface area contributed by atoms with E-state index in [0.717, 1.165) is 9.64 Å². The monoisotopic (exact) mass is 255 g/mol. The van der Waals surface area contributed by atoms with Gasteiger partial charge in [0, 0.05) is 20.4 Å². The van der Waals surface area contributed by atoms with Crippen molar-refractivity contribution in [3.63, 3.8) is 0 Å². The third-order valence-corrected chi connectivity index (χ3v) is 1.90. The minimum atomic E-state index is 0.0107. The molecule has 1 rings (SSSR count). The fourth-order valence-electron chi connectivity index (χ4n) is 1.00. The van der Waals surface area contributed by atoms with Crippen LogP contribution in [0, 0.1) is 0 Å². The molecule has 0 spiro atoms. The summed E-state index contributed by atoms with van der Waals surface area (Å²) in [6, 6.07) is 0. The number of amides is 1. The zero-order chi connectivity index (χ0) is 13.5. The van der Waals surface area contributed by atoms with Crippen molar-refractivity contribution in [2.75, 3.05) is 30.8 Å². The van der Waals surface area contributed by atoms with E-state index in [1.54, 1.807) is 6.92 Å². The molecule has 0 aliphatic carbocycles. The van der Waals surface area contributed by atoms with Crippen molar-refractivity contribution in [2.45, 2.75) is 6.92 Å². The van der Waals surface area contributed by atoms with Crippen molar-refractivity contribution in [3.05, 3.63) is 0 Å². The molecule has 1 amide bonds. The summed E-state index contributed by atoms with van der Waals surface area (Å²) in [5, 5.41) is 13.1. The Kier molecular flexibility index (Phi) is 5.08. The van der Waals surface area contributed by atoms with Crippen molar-refractivity contribution in [1.82, 2.24) is 15.0 Å². The molecule has 0 atom stereocenters. The van der Waals surface area contributed by atoms with Gasteiger partial charge in [0.15, 0.2) is 0 Å². The summed E-state index contributed by atoms with van der Waals surface area (Å²) in [4.78, 5) is 22.4. The second kappa shape index (κ2) is 6.57. The van der Waals surface area contributed by atoms with E-state index < -0.39 is 0 Å². The highest BCUT2D eigenvalue weighted by atomic mass is 16.5. The molecule has 2 N–H and O–H groups in total. The van der Waals surface area contributed by atoms with Crippen LogP contribution in [0.3, 0.4) is 0 Å². The van der Waals surface area contributed by atoms with E-state index in [-0.39, 0.29) is 31.1 Å². The second-order valence-electron chi connectivity index (χ2n) is 3.16. The first kappa shape index (κ1) is 13.9. The summed E-state index contributed by atoms with van der Waals surface area (Å²) in [6.07, 6.45) is 0.451. The molecule has 0 unspecified atom stereocenters. The summed E-state index contributed by atoms with van der Waals surface area (Å²) >= 11 is 0. The van der Waals surface area contributed by atoms with Gasteiger partial charge in [-0.05, 0) is 16.9 Å². The molecular formula is C9H15N6O3+. The molecule has 9 nitrogen and oxygen atoms in total. The van der Waals surface area contributed by atoms with Gasteiger partial charge in [-0.1, -0.05) is 0 Å². The Morgan fingerprint density at radius 2 is 2.28 bits per heavy atom. The topological polar surface area (TPSA) is 103 Å². The average molecular weight is 255 g/mol. The summed E-state index contributed by atoms with van der Waals surface area (Å²) in [5.74, 6) is 0.192. The lowest BCUT2D eigenvalue weighted by atomic mass is 10.7. The number of nitrogens with one attached hydrogen (secondary N) is 1. The van der Waals surface area contributed by atoms with Gasteiger partial charge < -0.3 is 10.1 Å². The molecule has 0 aliphatic heterocycles. The number of hydroxylamine groups is 1. The molecule has 18 heavy (non-hydrogen) atoms. The van der Waals surface area contributed by atoms with Gasteiger partial charge in [0.1, 0.15) is 6.73 Å². The number of hydrogen-bond donors (Lipinski definition) is 2. The molecule has 1 aromatic rings. The first-order valence-corrected chi connectivity index (χ1v) is 5.12. The van der Waals surface area contributed by atoms with E-state index in [9.17, 15) is 10.0 Å². The van der Waals surface area contributed by atoms with Crippen LogP contribution >= 0.6 is 0 Å². The van der Waals surface area contributed by atoms with Gasteiger partial charge >= 0.3 is 17.8 Å². The van der Waals surface area contributed by atoms with Crippen molar-refractivity contribution >= 4 is 31.0 Å². The van der Waals surface area contributed by atoms with E-state index in [0.29, 0.717) is 6.41 Å². The van der Waals surface area contributed by atoms with Crippen LogP contribution in [0.2, 0.25) is 0 Å². The SMILES string of the molecule is C=[N+](C=O)c1nc(NCOC)nc(N(O)CC)n1. The highest BCUT2D eigenvalue weighted by molar-refractivity contribution is 5.47. The number of hydrogen-bond acceptors (Lipinski definition) is 8. The molecule has 0 saturated carbocycles. The molecule has 1 aromatic heterocycles. The van der Waals surface area contributed by atoms with Gasteiger partial charge in [-0.2, -0.15) is 4.58 Å². The fourth-order valence-corrected chi connectivity index (χ4v) is 1.00. The Balaban J connectivity index is 3.10. The third kappa shape index (κ3) is 3.43. The number of anilines is 2. The van der Waals surface area contributed by atoms with Crippen LogP contribution in [0.15, 0.2) is 0 Å². The highest BCUT2D eigenvalue weighted by Gasteiger charge is 2.20. The molecule has 98 valence electrons. The maximum atomic E-state index is 10.6. The fraction of sp³-hybridized carbons (Fsp3) is 0.444. The first-order chi connectivity index (χ1) is 8.62. The standard InChI is InChI=1S/C9H15N6O3/c1-4-15(17)9-12-7(10-5-18-3)11-8(13-9)14(2)6-16/h6,17H,2,4-5H2,1,3H3,(H,10,11,12,13)/q+1. The number of methoxy groups -OCH3 is 1. The predicted octanol–water partition coefficient (Wildman–Crippen LogP) is -0.396. The second-order valence-corrected chi connectivity index (χ2v) is 3.16. The lowest BCUT2D eigenvalue weighted by Crippen LogP contribution is -2.22. The summed E-state index contributed by atoms with van der Waals surface area (Å²) in [5.41, 5.74) is 0. The van der Waals surface area contributed by atoms with Crippen LogP contribution in [-0.4, -0.2) is 58.2 Å². The van der Waals surface area contributed by atoms with Crippen molar-refractivity contribution < 1.29 is 19.3 Å². The molecule has 0 radical (unpaired) electrons. The van der Waals surface area contributed by atoms with Crippen molar-refractivity contribution in [3.8, 4) is 0 Å². The maximum absolute atomic E-state index is 10.6. The molecule has 0 aliphatic rings. The number of ether oxygens (including phenoxy) is 1. The first-order valence-electron chi connectivity index (χ1n) is 5.12. The summed E-state index contributed by atoms with van der Waals surface area (Å²) in [7, 11) is 1.50. The number of carbonyl (C=O) groups excluding carboxylic acids is 1. The molecule has 0 bridgehead atoms. The van der Waals surface area contributed by atoms with Gasteiger partial charge in [-0.3, -0.25) is 10.0 Å². The van der Waals surface area contributed by atoms with Gasteiger partial charge in [-0.25, -0.2) is 5.06 Å². The largest absolute Gasteiger partial charge is 0.446 e. The number of aromatic nitrogens is 3. The highest BCUT2D eigenvalue weighted by Crippen LogP contribution is 2.13. The van der Waals surface area contributed by atoms with Crippen LogP contribution in [0.1, 0.15) is 6.92 Å². The summed E-state index contributed by atoms with van der Waals surface area (Å²) in [6.45, 7) is 5.61. The van der Waals surface area contributed by atoms with E-state index in [1.165, 1.54) is 7.11 Å². The molecular weight excluding hydrogens is 240 g/mol. The minimum Gasteiger partial charge on any atom is -0.364 e. The lowest BCUT2D eigenvalue weighted by Gasteiger charge is -2.09. The van der Waals surface area contributed by atoms with Gasteiger partial charge in [0.25, 0.3) is 6.41 Å². The Morgan fingerprint density at radius 3 is 2.83 bits per heavy atom. The van der Waals surface area contributed by atoms with Crippen LogP contribution in [0.5, 0.6) is 0 Å². The van der Waals surface area contributed by atoms with Crippen molar-refractivity contribution in [1.29, 1.82) is 0 Å². The van der Waals surface area contributed by atoms with Gasteiger partial charge in [0.05, 0.1) is 0 Å². The van der Waals surface area contributed by atoms with Crippen LogP contribution in [0.25, 0.3) is 0 Å². The molecule has 1 heterocycles. The van der Waals surface area contributed by atoms with Crippen LogP contribution in [-0.2, 0) is 9.53 Å². The smallest absolute Gasteiger partial charge is 0.364 e. The Labute approximate surface area is 104 Å². The predicted molar refractivity (Wildman–Crippen MR) is 63.2 cm³/mol. The van der Waals surface area contributed by atoms with Gasteiger partial charge in [0.2, 0.25) is 0 Å². The van der Waals surface area contributed by atoms with Gasteiger partial charge in [-0.15, -0.1) is 4.98 Å². The summed E-state index contributed by atoms with van der Waals surface area (Å²) < 4.78 is 5.74. The maximum Gasteiger partial charge on any atom is 0.446 e. The molecule has 0 saturated heterocycles. The van der Waals surface area contributed by atoms with Crippen LogP contribution in [0.4, 0.5) is 17.8 Å². The number of carbonyl (C=O) groups is 1. The minimum absolute atomic E-state index is 0.0107. The molecule has 0 aromatic carbocycles. The van der Waals surface area contributed by atoms with E-state index in [4.69, 9.17) is 4.74 Å². The zero-order valence-electron chi connectivity index (χ0n) is 10.2. The van der Waals surface area contributed by atoms with Crippen molar-refractivity contribution in [2.24, 2.45) is 0 Å². The molecule has 9 heteroatoms. The van der Waals surface area contributed by atoms with E-state index >= 15 is 0 Å². The number of rotatable bonds is 7. The van der Waals surface area contributed by atoms with E-state index in [1.807, 2.05) is 0 Å². The lowest BCUT2D eigenvalue weighted by molar-refractivity contribution is -0.347. The quantitative estimate of drug-likeness (QED) is 0.223. The normalized spacial score (nSPS) is 9.94. The average Bonchev–Trinajstić information content (AvgIpc) is 2.42. The number of nitrogens with zero attached hydrogens (tertiary/aromatic N) is 5. The molecule has 0 fully saturated rings.